The van der Waals surface area contributed by atoms with Crippen LogP contribution in [0.3, 0.4) is 0 Å². The van der Waals surface area contributed by atoms with E-state index in [1.165, 1.54) is 17.7 Å². The Hall–Kier alpha value is -0.150. The summed E-state index contributed by atoms with van der Waals surface area (Å²) in [4.78, 5) is 4.00. The predicted octanol–water partition coefficient (Wildman–Crippen LogP) is 6.99. The number of aromatic nitrogens is 1. The second-order valence-electron chi connectivity index (χ2n) is 8.16. The molecule has 25 heavy (non-hydrogen) atoms. The van der Waals surface area contributed by atoms with E-state index in [9.17, 15) is 0 Å². The minimum absolute atomic E-state index is 0.343. The van der Waals surface area contributed by atoms with Crippen LogP contribution in [0.25, 0.3) is 0 Å². The molecule has 0 aliphatic rings. The number of pyridine rings is 1. The van der Waals surface area contributed by atoms with Crippen LogP contribution in [0.5, 0.6) is 0 Å². The molecule has 0 bridgehead atoms. The van der Waals surface area contributed by atoms with Crippen molar-refractivity contribution in [2.45, 2.75) is 77.6 Å². The Kier molecular flexibility index (Phi) is 14.2. The zero-order valence-corrected chi connectivity index (χ0v) is 20.9. The standard InChI is InChI=1S/C10H17NS.C10H24S.C2H6/c1-12(2,3)9-6-10-4-7-11-8-5-10;1-8(2)11(7,9(3)4)10(5)6;1-2/h4-5,7-8H,6,9H2,1-3H3;8-10H,1-7H3;1-2H3. The second-order valence-corrected chi connectivity index (χ2v) is 17.8. The molecule has 0 aliphatic carbocycles. The van der Waals surface area contributed by atoms with E-state index in [1.54, 1.807) is 0 Å². The van der Waals surface area contributed by atoms with E-state index < -0.39 is 0 Å². The Balaban J connectivity index is 0. The summed E-state index contributed by atoms with van der Waals surface area (Å²) in [7, 11) is -0.732. The van der Waals surface area contributed by atoms with Crippen LogP contribution in [0.2, 0.25) is 0 Å². The minimum atomic E-state index is -0.389. The first-order valence-electron chi connectivity index (χ1n) is 9.71. The molecule has 1 aromatic heterocycles. The molecule has 0 spiro atoms. The van der Waals surface area contributed by atoms with Crippen molar-refractivity contribution in [2.75, 3.05) is 30.8 Å². The maximum atomic E-state index is 4.00. The van der Waals surface area contributed by atoms with E-state index in [0.29, 0.717) is 0 Å². The van der Waals surface area contributed by atoms with E-state index in [4.69, 9.17) is 0 Å². The molecule has 0 atom stereocenters. The molecule has 0 N–H and O–H groups in total. The van der Waals surface area contributed by atoms with Crippen LogP contribution in [0, 0.1) is 0 Å². The fraction of sp³-hybridized carbons (Fsp3) is 0.773. The highest BCUT2D eigenvalue weighted by molar-refractivity contribution is 8.34. The van der Waals surface area contributed by atoms with Crippen molar-refractivity contribution in [3.05, 3.63) is 30.1 Å². The van der Waals surface area contributed by atoms with E-state index in [1.807, 2.05) is 26.2 Å². The molecule has 1 nitrogen and oxygen atoms in total. The van der Waals surface area contributed by atoms with Gasteiger partial charge < -0.3 is 0 Å². The van der Waals surface area contributed by atoms with Gasteiger partial charge in [-0.2, -0.15) is 0 Å². The third kappa shape index (κ3) is 11.2. The number of hydrogen-bond donors (Lipinski definition) is 0. The first-order valence-corrected chi connectivity index (χ1v) is 15.0. The topological polar surface area (TPSA) is 12.9 Å². The van der Waals surface area contributed by atoms with Gasteiger partial charge in [0, 0.05) is 12.4 Å². The smallest absolute Gasteiger partial charge is 0.0270 e. The first kappa shape index (κ1) is 27.1. The first-order chi connectivity index (χ1) is 11.4. The van der Waals surface area contributed by atoms with Crippen molar-refractivity contribution in [1.29, 1.82) is 0 Å². The van der Waals surface area contributed by atoms with E-state index in [0.717, 1.165) is 15.7 Å². The van der Waals surface area contributed by atoms with Gasteiger partial charge in [-0.3, -0.25) is 4.98 Å². The van der Waals surface area contributed by atoms with Crippen molar-refractivity contribution < 1.29 is 0 Å². The van der Waals surface area contributed by atoms with Gasteiger partial charge in [-0.05, 0) is 70.6 Å². The van der Waals surface area contributed by atoms with Crippen LogP contribution in [-0.4, -0.2) is 51.5 Å². The lowest BCUT2D eigenvalue weighted by Crippen LogP contribution is -2.27. The fourth-order valence-corrected chi connectivity index (χ4v) is 6.72. The number of rotatable bonds is 6. The van der Waals surface area contributed by atoms with Crippen LogP contribution in [0.15, 0.2) is 24.5 Å². The lowest BCUT2D eigenvalue weighted by Gasteiger charge is -2.48. The Morgan fingerprint density at radius 2 is 1.12 bits per heavy atom. The molecule has 0 fully saturated rings. The van der Waals surface area contributed by atoms with E-state index >= 15 is 0 Å². The molecule has 3 heteroatoms. The Bertz CT molecular complexity index is 398. The summed E-state index contributed by atoms with van der Waals surface area (Å²) in [5.74, 6) is 1.32. The minimum Gasteiger partial charge on any atom is -0.265 e. The van der Waals surface area contributed by atoms with Crippen molar-refractivity contribution in [3.8, 4) is 0 Å². The quantitative estimate of drug-likeness (QED) is 0.511. The van der Waals surface area contributed by atoms with Gasteiger partial charge in [0.15, 0.2) is 0 Å². The summed E-state index contributed by atoms with van der Waals surface area (Å²) in [6.07, 6.45) is 14.5. The third-order valence-electron chi connectivity index (χ3n) is 4.80. The highest BCUT2D eigenvalue weighted by Crippen LogP contribution is 2.56. The third-order valence-corrected chi connectivity index (χ3v) is 12.3. The highest BCUT2D eigenvalue weighted by atomic mass is 32.3. The highest BCUT2D eigenvalue weighted by Gasteiger charge is 2.29. The van der Waals surface area contributed by atoms with Crippen molar-refractivity contribution in [1.82, 2.24) is 4.98 Å². The monoisotopic (exact) mass is 389 g/mol. The number of hydrogen-bond acceptors (Lipinski definition) is 1. The molecule has 1 aromatic rings. The molecule has 152 valence electrons. The maximum absolute atomic E-state index is 4.00. The maximum Gasteiger partial charge on any atom is 0.0270 e. The van der Waals surface area contributed by atoms with Crippen LogP contribution in [0.1, 0.15) is 61.0 Å². The lowest BCUT2D eigenvalue weighted by molar-refractivity contribution is 0.951. The second kappa shape index (κ2) is 13.1. The molecule has 0 unspecified atom stereocenters. The zero-order chi connectivity index (χ0) is 20.3. The molecule has 1 heterocycles. The van der Waals surface area contributed by atoms with Crippen LogP contribution >= 0.6 is 20.1 Å². The molecule has 0 saturated heterocycles. The van der Waals surface area contributed by atoms with E-state index in [2.05, 4.69) is 83.7 Å². The van der Waals surface area contributed by atoms with Crippen molar-refractivity contribution in [2.24, 2.45) is 0 Å². The average molecular weight is 390 g/mol. The largest absolute Gasteiger partial charge is 0.265 e. The normalized spacial score (nSPS) is 13.1. The van der Waals surface area contributed by atoms with Gasteiger partial charge in [-0.15, -0.1) is 0 Å². The van der Waals surface area contributed by atoms with Gasteiger partial charge >= 0.3 is 0 Å². The molecular weight excluding hydrogens is 342 g/mol. The molecule has 0 saturated carbocycles. The van der Waals surface area contributed by atoms with Crippen molar-refractivity contribution >= 4 is 20.1 Å². The summed E-state index contributed by atoms with van der Waals surface area (Å²) >= 11 is 0. The molecule has 0 aliphatic heterocycles. The van der Waals surface area contributed by atoms with Crippen LogP contribution in [0.4, 0.5) is 0 Å². The van der Waals surface area contributed by atoms with Gasteiger partial charge in [0.05, 0.1) is 0 Å². The Labute approximate surface area is 163 Å². The van der Waals surface area contributed by atoms with Crippen LogP contribution < -0.4 is 0 Å². The molecular formula is C22H47NS2. The molecule has 0 aromatic carbocycles. The van der Waals surface area contributed by atoms with Gasteiger partial charge in [-0.1, -0.05) is 55.4 Å². The summed E-state index contributed by atoms with van der Waals surface area (Å²) < 4.78 is 0. The lowest BCUT2D eigenvalue weighted by atomic mass is 10.2. The Morgan fingerprint density at radius 1 is 0.760 bits per heavy atom. The van der Waals surface area contributed by atoms with Crippen molar-refractivity contribution in [3.63, 3.8) is 0 Å². The zero-order valence-electron chi connectivity index (χ0n) is 19.2. The van der Waals surface area contributed by atoms with Gasteiger partial charge in [0.1, 0.15) is 0 Å². The predicted molar refractivity (Wildman–Crippen MR) is 128 cm³/mol. The van der Waals surface area contributed by atoms with Gasteiger partial charge in [-0.25, -0.2) is 20.1 Å². The Morgan fingerprint density at radius 3 is 1.36 bits per heavy atom. The number of aryl methyl sites for hydroxylation is 1. The summed E-state index contributed by atoms with van der Waals surface area (Å²) in [6.45, 7) is 18.2. The van der Waals surface area contributed by atoms with Crippen LogP contribution in [-0.2, 0) is 6.42 Å². The summed E-state index contributed by atoms with van der Waals surface area (Å²) in [6, 6.07) is 4.20. The molecule has 0 amide bonds. The van der Waals surface area contributed by atoms with Gasteiger partial charge in [0.2, 0.25) is 0 Å². The molecule has 0 radical (unpaired) electrons. The fourth-order valence-electron chi connectivity index (χ4n) is 2.61. The average Bonchev–Trinajstić information content (AvgIpc) is 2.54. The summed E-state index contributed by atoms with van der Waals surface area (Å²) in [5, 5.41) is 2.59. The SMILES string of the molecule is CC.CC(C)S(C)(C(C)C)C(C)C.CS(C)(C)CCc1ccncc1. The summed E-state index contributed by atoms with van der Waals surface area (Å²) in [5.41, 5.74) is 1.41. The number of nitrogens with zero attached hydrogens (tertiary/aromatic N) is 1. The van der Waals surface area contributed by atoms with E-state index in [-0.39, 0.29) is 20.1 Å². The molecule has 1 rings (SSSR count). The van der Waals surface area contributed by atoms with Gasteiger partial charge in [0.25, 0.3) is 0 Å².